The van der Waals surface area contributed by atoms with Crippen molar-refractivity contribution in [3.05, 3.63) is 34.9 Å². The summed E-state index contributed by atoms with van der Waals surface area (Å²) in [5.74, 6) is 6.00. The van der Waals surface area contributed by atoms with Crippen molar-refractivity contribution in [1.82, 2.24) is 9.91 Å². The minimum absolute atomic E-state index is 0.360. The van der Waals surface area contributed by atoms with Crippen molar-refractivity contribution in [3.8, 4) is 0 Å². The van der Waals surface area contributed by atoms with Gasteiger partial charge in [-0.1, -0.05) is 29.8 Å². The molecule has 1 aliphatic rings. The molecule has 1 atom stereocenters. The normalized spacial score (nSPS) is 23.6. The number of rotatable bonds is 2. The molecule has 0 aliphatic carbocycles. The smallest absolute Gasteiger partial charge is 0.0438 e. The fraction of sp³-hybridized carbons (Fsp3) is 0.500. The molecule has 1 fully saturated rings. The summed E-state index contributed by atoms with van der Waals surface area (Å²) in [5, 5.41) is 2.77. The summed E-state index contributed by atoms with van der Waals surface area (Å²) >= 11 is 6.15. The Morgan fingerprint density at radius 3 is 2.88 bits per heavy atom. The first kappa shape index (κ1) is 11.9. The van der Waals surface area contributed by atoms with Gasteiger partial charge in [0.2, 0.25) is 0 Å². The third kappa shape index (κ3) is 2.74. The fourth-order valence-corrected chi connectivity index (χ4v) is 2.34. The largest absolute Gasteiger partial charge is 0.303 e. The highest BCUT2D eigenvalue weighted by Crippen LogP contribution is 2.19. The molecule has 1 aromatic carbocycles. The van der Waals surface area contributed by atoms with Crippen molar-refractivity contribution in [1.29, 1.82) is 0 Å². The fourth-order valence-electron chi connectivity index (χ4n) is 2.12. The van der Waals surface area contributed by atoms with E-state index >= 15 is 0 Å². The second-order valence-corrected chi connectivity index (χ2v) is 4.86. The van der Waals surface area contributed by atoms with Crippen LogP contribution in [-0.4, -0.2) is 42.6 Å². The molecule has 0 aromatic heterocycles. The van der Waals surface area contributed by atoms with Crippen molar-refractivity contribution in [2.45, 2.75) is 12.5 Å². The van der Waals surface area contributed by atoms with Crippen LogP contribution in [0.15, 0.2) is 24.3 Å². The monoisotopic (exact) mass is 239 g/mol. The lowest BCUT2D eigenvalue weighted by Crippen LogP contribution is -2.55. The van der Waals surface area contributed by atoms with E-state index in [0.717, 1.165) is 31.1 Å². The van der Waals surface area contributed by atoms with Gasteiger partial charge in [-0.2, -0.15) is 0 Å². The lowest BCUT2D eigenvalue weighted by molar-refractivity contribution is 0.0906. The van der Waals surface area contributed by atoms with Crippen molar-refractivity contribution >= 4 is 11.6 Å². The summed E-state index contributed by atoms with van der Waals surface area (Å²) in [6, 6.07) is 8.35. The van der Waals surface area contributed by atoms with Gasteiger partial charge in [-0.25, -0.2) is 5.01 Å². The van der Waals surface area contributed by atoms with Gasteiger partial charge in [0.1, 0.15) is 0 Å². The molecular formula is C12H18ClN3. The van der Waals surface area contributed by atoms with E-state index in [1.165, 1.54) is 5.56 Å². The number of nitrogens with two attached hydrogens (primary N) is 1. The maximum atomic E-state index is 6.15. The van der Waals surface area contributed by atoms with Crippen LogP contribution in [-0.2, 0) is 6.42 Å². The van der Waals surface area contributed by atoms with Crippen LogP contribution in [0.25, 0.3) is 0 Å². The second-order valence-electron chi connectivity index (χ2n) is 4.45. The van der Waals surface area contributed by atoms with Gasteiger partial charge >= 0.3 is 0 Å². The SMILES string of the molecule is CN1CCN(N)C(Cc2ccccc2Cl)C1. The summed E-state index contributed by atoms with van der Waals surface area (Å²) in [5.41, 5.74) is 1.18. The summed E-state index contributed by atoms with van der Waals surface area (Å²) in [4.78, 5) is 2.31. The van der Waals surface area contributed by atoms with Crippen molar-refractivity contribution in [2.24, 2.45) is 5.84 Å². The van der Waals surface area contributed by atoms with E-state index in [1.54, 1.807) is 0 Å². The standard InChI is InChI=1S/C12H18ClN3/c1-15-6-7-16(14)11(9-15)8-10-4-2-3-5-12(10)13/h2-5,11H,6-9,14H2,1H3. The van der Waals surface area contributed by atoms with Crippen LogP contribution in [0.3, 0.4) is 0 Å². The summed E-state index contributed by atoms with van der Waals surface area (Å²) < 4.78 is 0. The Kier molecular flexibility index (Phi) is 3.82. The number of piperazine rings is 1. The Bertz CT molecular complexity index is 356. The average Bonchev–Trinajstić information content (AvgIpc) is 2.27. The molecule has 1 aliphatic heterocycles. The maximum Gasteiger partial charge on any atom is 0.0438 e. The highest BCUT2D eigenvalue weighted by molar-refractivity contribution is 6.31. The number of likely N-dealkylation sites (N-methyl/N-ethyl adjacent to an activating group) is 1. The van der Waals surface area contributed by atoms with Gasteiger partial charge in [-0.05, 0) is 25.1 Å². The van der Waals surface area contributed by atoms with Gasteiger partial charge in [0.25, 0.3) is 0 Å². The zero-order valence-electron chi connectivity index (χ0n) is 9.56. The lowest BCUT2D eigenvalue weighted by Gasteiger charge is -2.37. The van der Waals surface area contributed by atoms with Gasteiger partial charge in [-0.3, -0.25) is 5.84 Å². The first-order valence-electron chi connectivity index (χ1n) is 5.60. The molecule has 0 radical (unpaired) electrons. The first-order chi connectivity index (χ1) is 7.66. The van der Waals surface area contributed by atoms with Crippen molar-refractivity contribution < 1.29 is 0 Å². The van der Waals surface area contributed by atoms with Gasteiger partial charge in [0, 0.05) is 30.7 Å². The van der Waals surface area contributed by atoms with Gasteiger partial charge in [0.15, 0.2) is 0 Å². The molecule has 1 unspecified atom stereocenters. The number of hydrogen-bond acceptors (Lipinski definition) is 3. The Balaban J connectivity index is 2.06. The van der Waals surface area contributed by atoms with E-state index in [-0.39, 0.29) is 0 Å². The number of benzene rings is 1. The van der Waals surface area contributed by atoms with Gasteiger partial charge in [-0.15, -0.1) is 0 Å². The molecule has 1 aromatic rings. The zero-order chi connectivity index (χ0) is 11.5. The summed E-state index contributed by atoms with van der Waals surface area (Å²) in [7, 11) is 2.13. The number of hydrazine groups is 1. The van der Waals surface area contributed by atoms with Gasteiger partial charge in [0.05, 0.1) is 0 Å². The molecule has 16 heavy (non-hydrogen) atoms. The van der Waals surface area contributed by atoms with Crippen LogP contribution >= 0.6 is 11.6 Å². The maximum absolute atomic E-state index is 6.15. The van der Waals surface area contributed by atoms with Crippen LogP contribution < -0.4 is 5.84 Å². The minimum atomic E-state index is 0.360. The van der Waals surface area contributed by atoms with E-state index in [1.807, 2.05) is 23.2 Å². The Labute approximate surface area is 102 Å². The predicted octanol–water partition coefficient (Wildman–Crippen LogP) is 1.37. The third-order valence-electron chi connectivity index (χ3n) is 3.14. The lowest BCUT2D eigenvalue weighted by atomic mass is 10.0. The Morgan fingerprint density at radius 1 is 1.38 bits per heavy atom. The number of halogens is 1. The van der Waals surface area contributed by atoms with Crippen LogP contribution in [0.4, 0.5) is 0 Å². The van der Waals surface area contributed by atoms with Crippen LogP contribution in [0, 0.1) is 0 Å². The molecule has 1 heterocycles. The number of hydrogen-bond donors (Lipinski definition) is 1. The summed E-state index contributed by atoms with van der Waals surface area (Å²) in [6.07, 6.45) is 0.917. The molecule has 4 heteroatoms. The first-order valence-corrected chi connectivity index (χ1v) is 5.98. The molecule has 1 saturated heterocycles. The molecule has 2 N–H and O–H groups in total. The topological polar surface area (TPSA) is 32.5 Å². The van der Waals surface area contributed by atoms with E-state index in [9.17, 15) is 0 Å². The molecule has 2 rings (SSSR count). The molecule has 0 saturated carbocycles. The molecule has 88 valence electrons. The van der Waals surface area contributed by atoms with Crippen molar-refractivity contribution in [2.75, 3.05) is 26.7 Å². The predicted molar refractivity (Wildman–Crippen MR) is 67.3 cm³/mol. The number of nitrogens with zero attached hydrogens (tertiary/aromatic N) is 2. The van der Waals surface area contributed by atoms with Crippen LogP contribution in [0.5, 0.6) is 0 Å². The van der Waals surface area contributed by atoms with Crippen LogP contribution in [0.1, 0.15) is 5.56 Å². The van der Waals surface area contributed by atoms with Gasteiger partial charge < -0.3 is 4.90 Å². The molecule has 0 bridgehead atoms. The third-order valence-corrected chi connectivity index (χ3v) is 3.51. The molecule has 3 nitrogen and oxygen atoms in total. The van der Waals surface area contributed by atoms with E-state index < -0.39 is 0 Å². The summed E-state index contributed by atoms with van der Waals surface area (Å²) in [6.45, 7) is 2.96. The van der Waals surface area contributed by atoms with Crippen LogP contribution in [0.2, 0.25) is 5.02 Å². The molecule has 0 amide bonds. The minimum Gasteiger partial charge on any atom is -0.303 e. The van der Waals surface area contributed by atoms with E-state index in [2.05, 4.69) is 18.0 Å². The quantitative estimate of drug-likeness (QED) is 0.792. The highest BCUT2D eigenvalue weighted by atomic mass is 35.5. The molecule has 0 spiro atoms. The Morgan fingerprint density at radius 2 is 2.12 bits per heavy atom. The average molecular weight is 240 g/mol. The van der Waals surface area contributed by atoms with E-state index in [0.29, 0.717) is 6.04 Å². The highest BCUT2D eigenvalue weighted by Gasteiger charge is 2.23. The Hall–Kier alpha value is -0.610. The van der Waals surface area contributed by atoms with E-state index in [4.69, 9.17) is 17.4 Å². The second kappa shape index (κ2) is 5.15. The van der Waals surface area contributed by atoms with Crippen molar-refractivity contribution in [3.63, 3.8) is 0 Å². The molecular weight excluding hydrogens is 222 g/mol. The zero-order valence-corrected chi connectivity index (χ0v) is 10.3.